The summed E-state index contributed by atoms with van der Waals surface area (Å²) in [5.74, 6) is 7.59. The Labute approximate surface area is 228 Å². The van der Waals surface area contributed by atoms with Gasteiger partial charge in [-0.3, -0.25) is 4.90 Å². The molecule has 9 heteroatoms. The van der Waals surface area contributed by atoms with Crippen LogP contribution in [-0.4, -0.2) is 80.7 Å². The number of rotatable bonds is 4. The monoisotopic (exact) mass is 523 g/mol. The summed E-state index contributed by atoms with van der Waals surface area (Å²) in [4.78, 5) is 11.7. The number of nitrogens with zero attached hydrogens (tertiary/aromatic N) is 6. The number of fused-ring (bicyclic) bond motifs is 3. The number of hydrogen-bond donors (Lipinski definition) is 3. The minimum absolute atomic E-state index is 0.176. The first-order valence-electron chi connectivity index (χ1n) is 13.8. The zero-order valence-electron chi connectivity index (χ0n) is 21.9. The molecule has 200 valence electrons. The van der Waals surface area contributed by atoms with E-state index in [2.05, 4.69) is 53.9 Å². The Morgan fingerprint density at radius 1 is 1.05 bits per heavy atom. The van der Waals surface area contributed by atoms with Crippen LogP contribution >= 0.6 is 0 Å². The fourth-order valence-corrected chi connectivity index (χ4v) is 6.68. The summed E-state index contributed by atoms with van der Waals surface area (Å²) in [7, 11) is 0. The third-order valence-corrected chi connectivity index (χ3v) is 8.90. The average molecular weight is 524 g/mol. The number of pyridine rings is 1. The molecule has 4 aliphatic rings. The third-order valence-electron chi connectivity index (χ3n) is 8.90. The van der Waals surface area contributed by atoms with E-state index in [1.54, 1.807) is 12.1 Å². The number of piperazine rings is 1. The highest BCUT2D eigenvalue weighted by molar-refractivity contribution is 5.74. The maximum absolute atomic E-state index is 10.3. The average Bonchev–Trinajstić information content (AvgIpc) is 3.55. The highest BCUT2D eigenvalue weighted by atomic mass is 16.3. The molecule has 2 aromatic heterocycles. The first kappa shape index (κ1) is 24.2. The summed E-state index contributed by atoms with van der Waals surface area (Å²) < 4.78 is 0. The number of aliphatic hydroxyl groups is 1. The lowest BCUT2D eigenvalue weighted by Gasteiger charge is -2.43. The maximum Gasteiger partial charge on any atom is 0.169 e. The number of aromatic hydroxyl groups is 1. The maximum atomic E-state index is 10.3. The molecular weight excluding hydrogens is 490 g/mol. The van der Waals surface area contributed by atoms with E-state index in [0.29, 0.717) is 41.6 Å². The van der Waals surface area contributed by atoms with E-state index in [4.69, 9.17) is 5.73 Å². The molecule has 4 fully saturated rings. The van der Waals surface area contributed by atoms with E-state index in [1.807, 2.05) is 24.4 Å². The molecule has 0 radical (unpaired) electrons. The van der Waals surface area contributed by atoms with Crippen molar-refractivity contribution < 1.29 is 10.2 Å². The third kappa shape index (κ3) is 4.54. The lowest BCUT2D eigenvalue weighted by molar-refractivity contribution is 0.0695. The number of hydrogen-bond acceptors (Lipinski definition) is 9. The minimum Gasteiger partial charge on any atom is -0.507 e. The number of phenolic OH excluding ortho intramolecular Hbond substituents is 1. The Kier molecular flexibility index (Phi) is 5.83. The Hall–Kier alpha value is -3.87. The molecule has 2 bridgehead atoms. The lowest BCUT2D eigenvalue weighted by Crippen LogP contribution is -2.54. The second kappa shape index (κ2) is 9.40. The molecule has 1 aliphatic carbocycles. The van der Waals surface area contributed by atoms with Crippen LogP contribution in [0.15, 0.2) is 48.7 Å². The summed E-state index contributed by atoms with van der Waals surface area (Å²) in [6, 6.07) is 14.0. The van der Waals surface area contributed by atoms with E-state index in [-0.39, 0.29) is 11.4 Å². The largest absolute Gasteiger partial charge is 0.507 e. The van der Waals surface area contributed by atoms with Gasteiger partial charge in [0, 0.05) is 61.6 Å². The van der Waals surface area contributed by atoms with Gasteiger partial charge in [-0.2, -0.15) is 0 Å². The molecule has 3 saturated heterocycles. The second-order valence-electron chi connectivity index (χ2n) is 11.4. The molecule has 1 saturated carbocycles. The molecule has 5 heterocycles. The van der Waals surface area contributed by atoms with Gasteiger partial charge in [0.05, 0.1) is 23.5 Å². The van der Waals surface area contributed by atoms with Gasteiger partial charge < -0.3 is 25.7 Å². The first-order chi connectivity index (χ1) is 19.0. The molecule has 3 aromatic rings. The van der Waals surface area contributed by atoms with Crippen molar-refractivity contribution >= 4 is 17.2 Å². The summed E-state index contributed by atoms with van der Waals surface area (Å²) in [5, 5.41) is 29.0. The lowest BCUT2D eigenvalue weighted by atomic mass is 10.1. The first-order valence-corrected chi connectivity index (χ1v) is 13.8. The summed E-state index contributed by atoms with van der Waals surface area (Å²) in [5.41, 5.74) is 10.0. The summed E-state index contributed by atoms with van der Waals surface area (Å²) >= 11 is 0. The minimum atomic E-state index is -0.379. The molecule has 0 amide bonds. The predicted octanol–water partition coefficient (Wildman–Crippen LogP) is 2.49. The van der Waals surface area contributed by atoms with E-state index in [1.165, 1.54) is 0 Å². The van der Waals surface area contributed by atoms with Gasteiger partial charge in [0.2, 0.25) is 0 Å². The van der Waals surface area contributed by atoms with Crippen LogP contribution in [0.5, 0.6) is 5.75 Å². The molecule has 9 nitrogen and oxygen atoms in total. The SMILES string of the molecule is Nc1nnc(-c2ccccc2O)cc1N1CC2CCC(C1)N2c1ccnc(C#CCN2CC[C@@]3(O)C[C@H]3C2)c1. The highest BCUT2D eigenvalue weighted by Gasteiger charge is 2.55. The zero-order valence-corrected chi connectivity index (χ0v) is 21.9. The van der Waals surface area contributed by atoms with Crippen LogP contribution in [0.3, 0.4) is 0 Å². The van der Waals surface area contributed by atoms with Gasteiger partial charge in [-0.15, -0.1) is 10.2 Å². The van der Waals surface area contributed by atoms with Crippen molar-refractivity contribution in [3.8, 4) is 28.8 Å². The molecule has 1 aromatic carbocycles. The number of piperidine rings is 1. The van der Waals surface area contributed by atoms with Gasteiger partial charge in [-0.1, -0.05) is 18.1 Å². The van der Waals surface area contributed by atoms with Crippen LogP contribution in [0, 0.1) is 17.8 Å². The van der Waals surface area contributed by atoms with Gasteiger partial charge >= 0.3 is 0 Å². The van der Waals surface area contributed by atoms with Crippen LogP contribution < -0.4 is 15.5 Å². The van der Waals surface area contributed by atoms with Crippen molar-refractivity contribution in [2.75, 3.05) is 48.3 Å². The fraction of sp³-hybridized carbons (Fsp3) is 0.433. The topological polar surface area (TPSA) is 115 Å². The van der Waals surface area contributed by atoms with Crippen molar-refractivity contribution in [1.82, 2.24) is 20.1 Å². The molecule has 2 unspecified atom stereocenters. The van der Waals surface area contributed by atoms with Crippen LogP contribution in [0.1, 0.15) is 31.4 Å². The van der Waals surface area contributed by atoms with Crippen molar-refractivity contribution in [2.45, 2.75) is 43.4 Å². The molecule has 7 rings (SSSR count). The summed E-state index contributed by atoms with van der Waals surface area (Å²) in [6.07, 6.45) is 5.88. The van der Waals surface area contributed by atoms with Crippen LogP contribution in [0.2, 0.25) is 0 Å². The number of benzene rings is 1. The van der Waals surface area contributed by atoms with Crippen LogP contribution in [0.4, 0.5) is 17.2 Å². The van der Waals surface area contributed by atoms with Crippen molar-refractivity contribution in [3.05, 3.63) is 54.4 Å². The molecule has 4 atom stereocenters. The Balaban J connectivity index is 1.06. The van der Waals surface area contributed by atoms with Crippen molar-refractivity contribution in [1.29, 1.82) is 0 Å². The fourth-order valence-electron chi connectivity index (χ4n) is 6.68. The summed E-state index contributed by atoms with van der Waals surface area (Å²) in [6.45, 7) is 4.23. The number of aromatic nitrogens is 3. The molecular formula is C30H33N7O2. The smallest absolute Gasteiger partial charge is 0.169 e. The van der Waals surface area contributed by atoms with E-state index in [9.17, 15) is 10.2 Å². The zero-order chi connectivity index (χ0) is 26.6. The molecule has 0 spiro atoms. The number of likely N-dealkylation sites (tertiary alicyclic amines) is 1. The number of nitrogens with two attached hydrogens (primary N) is 1. The quantitative estimate of drug-likeness (QED) is 0.444. The standard InChI is InChI=1S/C30H33N7O2/c31-29-27(15-26(33-34-29)25-5-1-2-6-28(25)38)36-18-23-7-8-24(19-36)37(23)22-9-11-32-21(14-22)4-3-12-35-13-10-30(39)16-20(30)17-35/h1-2,5-6,9,11,14-15,20,23-24,38-39H,7-8,10,12-13,16-19H2,(H2,31,34)/t20-,23?,24?,30+/m0/s1. The van der Waals surface area contributed by atoms with E-state index >= 15 is 0 Å². The number of anilines is 3. The van der Waals surface area contributed by atoms with Gasteiger partial charge in [0.15, 0.2) is 5.82 Å². The normalized spacial score (nSPS) is 27.6. The van der Waals surface area contributed by atoms with Crippen LogP contribution in [-0.2, 0) is 0 Å². The van der Waals surface area contributed by atoms with E-state index < -0.39 is 0 Å². The molecule has 39 heavy (non-hydrogen) atoms. The molecule has 3 aliphatic heterocycles. The van der Waals surface area contributed by atoms with Crippen molar-refractivity contribution in [2.24, 2.45) is 5.92 Å². The van der Waals surface area contributed by atoms with Crippen molar-refractivity contribution in [3.63, 3.8) is 0 Å². The number of para-hydroxylation sites is 1. The second-order valence-corrected chi connectivity index (χ2v) is 11.4. The number of nitrogen functional groups attached to an aromatic ring is 1. The highest BCUT2D eigenvalue weighted by Crippen LogP contribution is 2.49. The van der Waals surface area contributed by atoms with Gasteiger partial charge in [0.25, 0.3) is 0 Å². The number of phenols is 1. The van der Waals surface area contributed by atoms with Gasteiger partial charge in [-0.05, 0) is 61.9 Å². The predicted molar refractivity (Wildman–Crippen MR) is 150 cm³/mol. The Morgan fingerprint density at radius 2 is 1.87 bits per heavy atom. The van der Waals surface area contributed by atoms with Crippen LogP contribution in [0.25, 0.3) is 11.3 Å². The Bertz CT molecular complexity index is 1450. The molecule has 4 N–H and O–H groups in total. The van der Waals surface area contributed by atoms with Gasteiger partial charge in [0.1, 0.15) is 11.4 Å². The Morgan fingerprint density at radius 3 is 2.67 bits per heavy atom. The van der Waals surface area contributed by atoms with E-state index in [0.717, 1.165) is 68.9 Å². The van der Waals surface area contributed by atoms with Gasteiger partial charge in [-0.25, -0.2) is 4.98 Å².